The van der Waals surface area contributed by atoms with E-state index in [9.17, 15) is 24.3 Å². The topological polar surface area (TPSA) is 159 Å². The zero-order valence-electron chi connectivity index (χ0n) is 41.7. The Bertz CT molecular complexity index is 2760. The molecular formula is C57H69N7O7. The van der Waals surface area contributed by atoms with Crippen molar-refractivity contribution in [3.63, 3.8) is 0 Å². The number of benzene rings is 2. The Balaban J connectivity index is 0.844. The van der Waals surface area contributed by atoms with E-state index >= 15 is 0 Å². The second kappa shape index (κ2) is 25.4. The van der Waals surface area contributed by atoms with E-state index in [-0.39, 0.29) is 42.2 Å². The normalized spacial score (nSPS) is 17.2. The number of pyridine rings is 2. The third kappa shape index (κ3) is 13.4. The number of fused-ring (bicyclic) bond motifs is 5. The number of hydrazine groups is 1. The smallest absolute Gasteiger partial charge is 0.415 e. The lowest BCUT2D eigenvalue weighted by Gasteiger charge is -2.34. The van der Waals surface area contributed by atoms with Crippen LogP contribution in [0.3, 0.4) is 0 Å². The van der Waals surface area contributed by atoms with Gasteiger partial charge in [0.05, 0.1) is 29.0 Å². The lowest BCUT2D eigenvalue weighted by molar-refractivity contribution is -0.172. The summed E-state index contributed by atoms with van der Waals surface area (Å²) in [5.41, 5.74) is 6.82. The molecule has 3 aliphatic rings. The Morgan fingerprint density at radius 1 is 0.831 bits per heavy atom. The number of cyclic esters (lactones) is 1. The lowest BCUT2D eigenvalue weighted by atomic mass is 9.86. The molecule has 1 fully saturated rings. The van der Waals surface area contributed by atoms with Crippen LogP contribution in [0.1, 0.15) is 99.5 Å². The summed E-state index contributed by atoms with van der Waals surface area (Å²) in [6.07, 6.45) is 32.6. The summed E-state index contributed by atoms with van der Waals surface area (Å²) in [6, 6.07) is 15.0. The van der Waals surface area contributed by atoms with Crippen LogP contribution in [-0.2, 0) is 46.2 Å². The fourth-order valence-corrected chi connectivity index (χ4v) is 8.98. The van der Waals surface area contributed by atoms with E-state index < -0.39 is 17.7 Å². The van der Waals surface area contributed by atoms with E-state index in [1.165, 1.54) is 0 Å². The molecular weight excluding hydrogens is 895 g/mol. The Morgan fingerprint density at radius 3 is 2.08 bits per heavy atom. The van der Waals surface area contributed by atoms with Gasteiger partial charge >= 0.3 is 12.1 Å². The van der Waals surface area contributed by atoms with Crippen molar-refractivity contribution in [3.8, 4) is 17.1 Å². The van der Waals surface area contributed by atoms with Crippen molar-refractivity contribution in [2.24, 2.45) is 0 Å². The monoisotopic (exact) mass is 964 g/mol. The van der Waals surface area contributed by atoms with E-state index in [2.05, 4.69) is 95.5 Å². The minimum absolute atomic E-state index is 0.0170. The highest BCUT2D eigenvalue weighted by Crippen LogP contribution is 2.41. The summed E-state index contributed by atoms with van der Waals surface area (Å²) in [7, 11) is 3.73. The van der Waals surface area contributed by atoms with Crippen molar-refractivity contribution >= 4 is 34.6 Å². The molecule has 14 nitrogen and oxygen atoms in total. The summed E-state index contributed by atoms with van der Waals surface area (Å²) in [5.74, 6) is -0.402. The first-order valence-corrected chi connectivity index (χ1v) is 25.0. The van der Waals surface area contributed by atoms with Crippen LogP contribution in [0, 0.1) is 0 Å². The number of ether oxygens (including phenoxy) is 2. The molecule has 2 aromatic heterocycles. The number of rotatable bonds is 22. The second-order valence-corrected chi connectivity index (χ2v) is 18.1. The molecule has 14 heteroatoms. The van der Waals surface area contributed by atoms with E-state index in [4.69, 9.17) is 14.5 Å². The van der Waals surface area contributed by atoms with Crippen LogP contribution in [-0.4, -0.2) is 87.7 Å². The van der Waals surface area contributed by atoms with Gasteiger partial charge in [0.2, 0.25) is 5.91 Å². The van der Waals surface area contributed by atoms with Crippen molar-refractivity contribution in [1.29, 1.82) is 0 Å². The van der Waals surface area contributed by atoms with Crippen molar-refractivity contribution in [1.82, 2.24) is 29.8 Å². The molecule has 1 saturated heterocycles. The molecule has 2 aromatic carbocycles. The van der Waals surface area contributed by atoms with Crippen LogP contribution < -0.4 is 21.0 Å². The number of carbonyl (C=O) groups is 3. The molecule has 3 aliphatic heterocycles. The van der Waals surface area contributed by atoms with E-state index in [0.717, 1.165) is 72.8 Å². The summed E-state index contributed by atoms with van der Waals surface area (Å²) >= 11 is 0. The molecule has 0 unspecified atom stereocenters. The molecule has 4 aromatic rings. The van der Waals surface area contributed by atoms with Crippen molar-refractivity contribution in [2.75, 3.05) is 45.6 Å². The minimum Gasteiger partial charge on any atom is -0.458 e. The highest BCUT2D eigenvalue weighted by atomic mass is 16.6. The Hall–Kier alpha value is -6.71. The highest BCUT2D eigenvalue weighted by molar-refractivity contribution is 5.91. The number of esters is 1. The maximum atomic E-state index is 13.9. The molecule has 0 aliphatic carbocycles. The van der Waals surface area contributed by atoms with Gasteiger partial charge in [-0.1, -0.05) is 98.9 Å². The Labute approximate surface area is 417 Å². The predicted octanol–water partition coefficient (Wildman–Crippen LogP) is 9.38. The number of anilines is 1. The number of aromatic nitrogens is 2. The van der Waals surface area contributed by atoms with Gasteiger partial charge < -0.3 is 29.4 Å². The van der Waals surface area contributed by atoms with Crippen molar-refractivity contribution < 1.29 is 29.0 Å². The summed E-state index contributed by atoms with van der Waals surface area (Å²) in [4.78, 5) is 61.8. The standard InChI is InChI=1S/C57H69N7O7/c1-5-7-8-9-10-11-12-13-14-15-16-17-18-19-20-21-22-23-24-25-52(65)59-43-28-26-42(27-29-43)38-62-32-34-63(35-33-62)56(68)71-44-30-31-50-45(36-44)46(39-61(4)58-3)47-40-64-51(53(47)60-50)37-49-48(54(64)66)41-70-55(67)57(49,69)6-2/h7-8,10-11,13-14,16-17,19-20,22-23,26-31,36-37,58,69H,5-6,9,12,15,18,21,24-25,32-35,38-41H2,1-4H3,(H,59,65)/t57-/m0/s1. The molecule has 5 heterocycles. The number of hydrogen-bond donors (Lipinski definition) is 3. The third-order valence-corrected chi connectivity index (χ3v) is 13.2. The zero-order valence-corrected chi connectivity index (χ0v) is 41.7. The number of piperazine rings is 1. The lowest BCUT2D eigenvalue weighted by Crippen LogP contribution is -2.49. The van der Waals surface area contributed by atoms with Crippen LogP contribution in [0.25, 0.3) is 22.3 Å². The second-order valence-electron chi connectivity index (χ2n) is 18.1. The average Bonchev–Trinajstić information content (AvgIpc) is 3.75. The number of amides is 2. The summed E-state index contributed by atoms with van der Waals surface area (Å²) in [5, 5.41) is 17.0. The number of allylic oxidation sites excluding steroid dienone is 12. The van der Waals surface area contributed by atoms with Crippen LogP contribution in [0.4, 0.5) is 10.5 Å². The number of hydrogen-bond acceptors (Lipinski definition) is 11. The van der Waals surface area contributed by atoms with Gasteiger partial charge in [0.1, 0.15) is 12.4 Å². The first kappa shape index (κ1) is 52.1. The van der Waals surface area contributed by atoms with Gasteiger partial charge in [0, 0.05) is 74.9 Å². The van der Waals surface area contributed by atoms with Crippen LogP contribution in [0.2, 0.25) is 0 Å². The van der Waals surface area contributed by atoms with Gasteiger partial charge in [-0.15, -0.1) is 0 Å². The summed E-state index contributed by atoms with van der Waals surface area (Å²) < 4.78 is 12.9. The number of carbonyl (C=O) groups excluding carboxylic acids is 3. The molecule has 0 bridgehead atoms. The van der Waals surface area contributed by atoms with Crippen LogP contribution in [0.5, 0.6) is 5.75 Å². The average molecular weight is 964 g/mol. The van der Waals surface area contributed by atoms with Gasteiger partial charge in [0.15, 0.2) is 5.60 Å². The van der Waals surface area contributed by atoms with Crippen LogP contribution >= 0.6 is 0 Å². The molecule has 7 rings (SSSR count). The number of nitrogens with zero attached hydrogens (tertiary/aromatic N) is 5. The minimum atomic E-state index is -1.92. The van der Waals surface area contributed by atoms with E-state index in [0.29, 0.717) is 68.2 Å². The van der Waals surface area contributed by atoms with Crippen LogP contribution in [0.15, 0.2) is 126 Å². The summed E-state index contributed by atoms with van der Waals surface area (Å²) in [6.45, 7) is 7.39. The zero-order chi connectivity index (χ0) is 50.2. The van der Waals surface area contributed by atoms with E-state index in [1.807, 2.05) is 55.5 Å². The fourth-order valence-electron chi connectivity index (χ4n) is 8.98. The number of nitrogens with one attached hydrogen (secondary N) is 2. The van der Waals surface area contributed by atoms with Gasteiger partial charge in [-0.25, -0.2) is 19.6 Å². The fraction of sp³-hybridized carbons (Fsp3) is 0.386. The Morgan fingerprint density at radius 2 is 1.46 bits per heavy atom. The van der Waals surface area contributed by atoms with Gasteiger partial charge in [-0.3, -0.25) is 19.9 Å². The molecule has 3 N–H and O–H groups in total. The van der Waals surface area contributed by atoms with Crippen molar-refractivity contribution in [2.45, 2.75) is 103 Å². The van der Waals surface area contributed by atoms with Crippen molar-refractivity contribution in [3.05, 3.63) is 160 Å². The largest absolute Gasteiger partial charge is 0.458 e. The Kier molecular flexibility index (Phi) is 18.7. The first-order chi connectivity index (χ1) is 34.5. The molecule has 71 heavy (non-hydrogen) atoms. The number of aliphatic hydroxyl groups is 1. The molecule has 374 valence electrons. The predicted molar refractivity (Wildman–Crippen MR) is 280 cm³/mol. The first-order valence-electron chi connectivity index (χ1n) is 25.0. The third-order valence-electron chi connectivity index (χ3n) is 13.2. The van der Waals surface area contributed by atoms with Gasteiger partial charge in [-0.05, 0) is 106 Å². The highest BCUT2D eigenvalue weighted by Gasteiger charge is 2.45. The molecule has 2 amide bonds. The maximum absolute atomic E-state index is 13.9. The SMILES string of the molecule is CCC=CCC=CCC=CCC=CCC=CCC=CCCC(=O)Nc1ccc(CN2CCN(C(=O)Oc3ccc4nc5c(c(CN(C)NC)c4c3)Cn3c-5cc4c(c3=O)COC(=O)[C@]4(O)CC)CC2)cc1. The maximum Gasteiger partial charge on any atom is 0.415 e. The molecule has 1 atom stereocenters. The van der Waals surface area contributed by atoms with Gasteiger partial charge in [-0.2, -0.15) is 0 Å². The molecule has 0 spiro atoms. The quantitative estimate of drug-likeness (QED) is 0.0345. The van der Waals surface area contributed by atoms with E-state index in [1.54, 1.807) is 28.5 Å². The van der Waals surface area contributed by atoms with Gasteiger partial charge in [0.25, 0.3) is 5.56 Å². The molecule has 0 radical (unpaired) electrons. The molecule has 0 saturated carbocycles.